The monoisotopic (exact) mass is 417 g/mol. The molecule has 3 aliphatic rings. The first-order valence-corrected chi connectivity index (χ1v) is 11.1. The van der Waals surface area contributed by atoms with Gasteiger partial charge in [-0.1, -0.05) is 55.0 Å². The van der Waals surface area contributed by atoms with Crippen molar-refractivity contribution in [2.45, 2.75) is 43.6 Å². The summed E-state index contributed by atoms with van der Waals surface area (Å²) in [7, 11) is 0. The molecule has 2 aromatic rings. The summed E-state index contributed by atoms with van der Waals surface area (Å²) in [5.74, 6) is -0.0816. The van der Waals surface area contributed by atoms with Crippen molar-refractivity contribution in [3.05, 3.63) is 65.7 Å². The molecular weight excluding hydrogens is 390 g/mol. The van der Waals surface area contributed by atoms with Crippen LogP contribution in [0.2, 0.25) is 0 Å². The highest BCUT2D eigenvalue weighted by molar-refractivity contribution is 6.07. The van der Waals surface area contributed by atoms with Crippen LogP contribution in [-0.4, -0.2) is 47.2 Å². The third kappa shape index (κ3) is 3.21. The molecule has 2 unspecified atom stereocenters. The average Bonchev–Trinajstić information content (AvgIpc) is 3.25. The third-order valence-electron chi connectivity index (χ3n) is 7.02. The van der Waals surface area contributed by atoms with Gasteiger partial charge in [-0.15, -0.1) is 0 Å². The number of likely N-dealkylation sites (tertiary alicyclic amines) is 2. The van der Waals surface area contributed by atoms with Crippen LogP contribution in [0.1, 0.15) is 49.3 Å². The summed E-state index contributed by atoms with van der Waals surface area (Å²) < 4.78 is 0. The lowest BCUT2D eigenvalue weighted by Gasteiger charge is -2.35. The zero-order chi connectivity index (χ0) is 21.4. The molecule has 6 nitrogen and oxygen atoms in total. The molecule has 5 rings (SSSR count). The molecule has 6 heteroatoms. The van der Waals surface area contributed by atoms with Crippen LogP contribution in [0.3, 0.4) is 0 Å². The van der Waals surface area contributed by atoms with Gasteiger partial charge in [-0.3, -0.25) is 14.4 Å². The lowest BCUT2D eigenvalue weighted by Crippen LogP contribution is -2.46. The lowest BCUT2D eigenvalue weighted by molar-refractivity contribution is -0.141. The van der Waals surface area contributed by atoms with E-state index in [0.717, 1.165) is 36.1 Å². The number of amides is 3. The fourth-order valence-electron chi connectivity index (χ4n) is 5.51. The van der Waals surface area contributed by atoms with Crippen LogP contribution in [0.15, 0.2) is 54.6 Å². The minimum Gasteiger partial charge on any atom is -0.333 e. The Morgan fingerprint density at radius 2 is 1.74 bits per heavy atom. The molecular formula is C25H27N3O3. The minimum atomic E-state index is -0.809. The van der Waals surface area contributed by atoms with E-state index in [1.54, 1.807) is 4.90 Å². The molecule has 0 saturated carbocycles. The Hall–Kier alpha value is -3.15. The van der Waals surface area contributed by atoms with Crippen LogP contribution in [-0.2, 0) is 19.8 Å². The Labute approximate surface area is 182 Å². The van der Waals surface area contributed by atoms with Crippen molar-refractivity contribution in [3.63, 3.8) is 0 Å². The molecule has 1 N–H and O–H groups in total. The number of nitrogens with zero attached hydrogens (tertiary/aromatic N) is 2. The van der Waals surface area contributed by atoms with Crippen molar-refractivity contribution in [1.29, 1.82) is 0 Å². The van der Waals surface area contributed by atoms with E-state index in [1.807, 2.05) is 59.5 Å². The number of para-hydroxylation sites is 1. The van der Waals surface area contributed by atoms with Gasteiger partial charge in [0, 0.05) is 25.2 Å². The molecule has 2 fully saturated rings. The Morgan fingerprint density at radius 3 is 2.58 bits per heavy atom. The van der Waals surface area contributed by atoms with Crippen molar-refractivity contribution >= 4 is 23.4 Å². The average molecular weight is 418 g/mol. The minimum absolute atomic E-state index is 0.0521. The maximum Gasteiger partial charge on any atom is 0.242 e. The predicted molar refractivity (Wildman–Crippen MR) is 117 cm³/mol. The summed E-state index contributed by atoms with van der Waals surface area (Å²) in [5.41, 5.74) is 1.92. The number of carbonyl (C=O) groups excluding carboxylic acids is 3. The van der Waals surface area contributed by atoms with Gasteiger partial charge in [0.2, 0.25) is 17.7 Å². The van der Waals surface area contributed by atoms with Crippen molar-refractivity contribution in [1.82, 2.24) is 9.80 Å². The molecule has 2 saturated heterocycles. The second kappa shape index (κ2) is 7.84. The first kappa shape index (κ1) is 19.8. The largest absolute Gasteiger partial charge is 0.333 e. The number of anilines is 1. The van der Waals surface area contributed by atoms with Gasteiger partial charge in [-0.25, -0.2) is 0 Å². The van der Waals surface area contributed by atoms with Gasteiger partial charge in [0.15, 0.2) is 0 Å². The van der Waals surface area contributed by atoms with Crippen LogP contribution in [0.5, 0.6) is 0 Å². The summed E-state index contributed by atoms with van der Waals surface area (Å²) in [6.45, 7) is 1.20. The van der Waals surface area contributed by atoms with Crippen molar-refractivity contribution < 1.29 is 14.4 Å². The van der Waals surface area contributed by atoms with Crippen LogP contribution in [0.25, 0.3) is 0 Å². The zero-order valence-electron chi connectivity index (χ0n) is 17.5. The number of hydrogen-bond donors (Lipinski definition) is 1. The molecule has 1 spiro atoms. The summed E-state index contributed by atoms with van der Waals surface area (Å²) >= 11 is 0. The lowest BCUT2D eigenvalue weighted by atomic mass is 9.72. The van der Waals surface area contributed by atoms with Gasteiger partial charge < -0.3 is 15.1 Å². The zero-order valence-corrected chi connectivity index (χ0v) is 17.5. The molecule has 0 aliphatic carbocycles. The van der Waals surface area contributed by atoms with Crippen molar-refractivity contribution in [2.24, 2.45) is 0 Å². The van der Waals surface area contributed by atoms with E-state index >= 15 is 0 Å². The smallest absolute Gasteiger partial charge is 0.242 e. The Bertz CT molecular complexity index is 1020. The van der Waals surface area contributed by atoms with Gasteiger partial charge >= 0.3 is 0 Å². The fraction of sp³-hybridized carbons (Fsp3) is 0.400. The highest BCUT2D eigenvalue weighted by atomic mass is 16.2. The predicted octanol–water partition coefficient (Wildman–Crippen LogP) is 3.25. The van der Waals surface area contributed by atoms with E-state index in [9.17, 15) is 14.4 Å². The standard InChI is InChI=1S/C25H27N3O3/c29-21-13-5-2-8-15-27(21)17-22(30)28-16-14-25(23(28)18-9-3-1-4-10-18)19-11-6-7-12-20(19)26-24(25)31/h1,3-4,6-7,9-12,23H,2,5,8,13-17H2,(H,26,31). The number of benzene rings is 2. The molecule has 0 bridgehead atoms. The molecule has 3 heterocycles. The van der Waals surface area contributed by atoms with Gasteiger partial charge in [0.1, 0.15) is 5.41 Å². The molecule has 2 aromatic carbocycles. The number of nitrogens with one attached hydrogen (secondary N) is 1. The fourth-order valence-corrected chi connectivity index (χ4v) is 5.51. The summed E-state index contributed by atoms with van der Waals surface area (Å²) in [6.07, 6.45) is 3.91. The maximum absolute atomic E-state index is 13.5. The van der Waals surface area contributed by atoms with Crippen LogP contribution < -0.4 is 5.32 Å². The van der Waals surface area contributed by atoms with Gasteiger partial charge in [0.25, 0.3) is 0 Å². The maximum atomic E-state index is 13.5. The molecule has 2 atom stereocenters. The van der Waals surface area contributed by atoms with E-state index in [-0.39, 0.29) is 24.3 Å². The van der Waals surface area contributed by atoms with Crippen LogP contribution in [0, 0.1) is 0 Å². The van der Waals surface area contributed by atoms with E-state index in [1.165, 1.54) is 0 Å². The van der Waals surface area contributed by atoms with E-state index in [2.05, 4.69) is 5.32 Å². The molecule has 160 valence electrons. The number of rotatable bonds is 3. The van der Waals surface area contributed by atoms with Gasteiger partial charge in [-0.05, 0) is 36.5 Å². The first-order valence-electron chi connectivity index (χ1n) is 11.1. The Balaban J connectivity index is 1.52. The highest BCUT2D eigenvalue weighted by Crippen LogP contribution is 2.54. The van der Waals surface area contributed by atoms with E-state index in [0.29, 0.717) is 25.9 Å². The van der Waals surface area contributed by atoms with Crippen molar-refractivity contribution in [3.8, 4) is 0 Å². The quantitative estimate of drug-likeness (QED) is 0.834. The third-order valence-corrected chi connectivity index (χ3v) is 7.02. The van der Waals surface area contributed by atoms with E-state index in [4.69, 9.17) is 0 Å². The van der Waals surface area contributed by atoms with Gasteiger partial charge in [0.05, 0.1) is 12.6 Å². The number of fused-ring (bicyclic) bond motifs is 2. The summed E-state index contributed by atoms with van der Waals surface area (Å²) in [5, 5.41) is 3.04. The SMILES string of the molecule is O=C1CCCCCN1CC(=O)N1CCC2(C(=O)Nc3ccccc32)C1c1ccccc1. The summed E-state index contributed by atoms with van der Waals surface area (Å²) in [4.78, 5) is 42.9. The normalized spacial score (nSPS) is 25.5. The molecule has 3 amide bonds. The Kier molecular flexibility index (Phi) is 5.00. The number of carbonyl (C=O) groups is 3. The first-order chi connectivity index (χ1) is 15.1. The summed E-state index contributed by atoms with van der Waals surface area (Å²) in [6, 6.07) is 17.2. The van der Waals surface area contributed by atoms with E-state index < -0.39 is 11.5 Å². The van der Waals surface area contributed by atoms with Crippen LogP contribution in [0.4, 0.5) is 5.69 Å². The topological polar surface area (TPSA) is 69.7 Å². The number of hydrogen-bond acceptors (Lipinski definition) is 3. The van der Waals surface area contributed by atoms with Crippen molar-refractivity contribution in [2.75, 3.05) is 25.0 Å². The molecule has 3 aliphatic heterocycles. The highest BCUT2D eigenvalue weighted by Gasteiger charge is 2.59. The second-order valence-corrected chi connectivity index (χ2v) is 8.75. The molecule has 0 aromatic heterocycles. The Morgan fingerprint density at radius 1 is 0.968 bits per heavy atom. The second-order valence-electron chi connectivity index (χ2n) is 8.75. The molecule has 0 radical (unpaired) electrons. The molecule has 31 heavy (non-hydrogen) atoms. The van der Waals surface area contributed by atoms with Gasteiger partial charge in [-0.2, -0.15) is 0 Å². The van der Waals surface area contributed by atoms with Crippen LogP contribution >= 0.6 is 0 Å².